The Kier molecular flexibility index (Phi) is 9.84. The Morgan fingerprint density at radius 1 is 1.24 bits per heavy atom. The average molecular weight is 535 g/mol. The van der Waals surface area contributed by atoms with Gasteiger partial charge in [0.05, 0.1) is 26.4 Å². The third-order valence-electron chi connectivity index (χ3n) is 5.38. The first-order valence-corrected chi connectivity index (χ1v) is 11.1. The number of methoxy groups -OCH3 is 1. The summed E-state index contributed by atoms with van der Waals surface area (Å²) in [5.74, 6) is 3.03. The van der Waals surface area contributed by atoms with Crippen LogP contribution in [0.1, 0.15) is 25.5 Å². The van der Waals surface area contributed by atoms with Gasteiger partial charge in [0.15, 0.2) is 5.96 Å². The zero-order valence-corrected chi connectivity index (χ0v) is 21.2. The molecule has 2 aliphatic rings. The van der Waals surface area contributed by atoms with Gasteiger partial charge in [-0.3, -0.25) is 9.89 Å². The van der Waals surface area contributed by atoms with E-state index in [-0.39, 0.29) is 34.8 Å². The largest absolute Gasteiger partial charge is 0.497 e. The van der Waals surface area contributed by atoms with Crippen molar-refractivity contribution in [2.45, 2.75) is 24.6 Å². The van der Waals surface area contributed by atoms with E-state index in [0.717, 1.165) is 63.4 Å². The van der Waals surface area contributed by atoms with Gasteiger partial charge in [0.1, 0.15) is 5.75 Å². The highest BCUT2D eigenvalue weighted by Crippen LogP contribution is 2.29. The smallest absolute Gasteiger partial charge is 0.193 e. The second-order valence-corrected chi connectivity index (χ2v) is 9.70. The number of halogens is 1. The SMILES string of the molecule is CN=C(NCC(c1ccc(OC)cc1)N1CCOCC1)N1CCSC(C)(C)C1.I. The first-order valence-electron chi connectivity index (χ1n) is 10.1. The number of hydrogen-bond donors (Lipinski definition) is 1. The van der Waals surface area contributed by atoms with Crippen LogP contribution in [0.5, 0.6) is 5.75 Å². The minimum Gasteiger partial charge on any atom is -0.497 e. The standard InChI is InChI=1S/C21H34N4O2S.HI/c1-21(2)16-25(11-14-28-21)20(22-3)23-15-19(24-9-12-27-13-10-24)17-5-7-18(26-4)8-6-17;/h5-8,19H,9-16H2,1-4H3,(H,22,23);1H. The van der Waals surface area contributed by atoms with Crippen molar-refractivity contribution in [2.75, 3.05) is 65.8 Å². The molecule has 2 fully saturated rings. The Balaban J connectivity index is 0.00000300. The molecule has 2 aliphatic heterocycles. The molecule has 1 aromatic carbocycles. The molecule has 1 N–H and O–H groups in total. The number of rotatable bonds is 5. The minimum atomic E-state index is 0. The van der Waals surface area contributed by atoms with Crippen LogP contribution in [0.4, 0.5) is 0 Å². The molecule has 0 aliphatic carbocycles. The summed E-state index contributed by atoms with van der Waals surface area (Å²) in [5.41, 5.74) is 1.29. The molecular formula is C21H35IN4O2S. The highest BCUT2D eigenvalue weighted by Gasteiger charge is 2.29. The van der Waals surface area contributed by atoms with Gasteiger partial charge in [-0.15, -0.1) is 24.0 Å². The Labute approximate surface area is 196 Å². The molecule has 0 saturated carbocycles. The predicted octanol–water partition coefficient (Wildman–Crippen LogP) is 3.09. The fourth-order valence-corrected chi connectivity index (χ4v) is 5.00. The number of morpholine rings is 1. The van der Waals surface area contributed by atoms with E-state index in [4.69, 9.17) is 9.47 Å². The Bertz CT molecular complexity index is 651. The maximum atomic E-state index is 5.57. The number of benzene rings is 1. The summed E-state index contributed by atoms with van der Waals surface area (Å²) >= 11 is 2.04. The number of nitrogens with zero attached hydrogens (tertiary/aromatic N) is 3. The molecule has 3 rings (SSSR count). The minimum absolute atomic E-state index is 0. The lowest BCUT2D eigenvalue weighted by molar-refractivity contribution is 0.0169. The fourth-order valence-electron chi connectivity index (χ4n) is 3.89. The highest BCUT2D eigenvalue weighted by atomic mass is 127. The van der Waals surface area contributed by atoms with E-state index < -0.39 is 0 Å². The van der Waals surface area contributed by atoms with Gasteiger partial charge in [0.25, 0.3) is 0 Å². The molecule has 0 spiro atoms. The first-order chi connectivity index (χ1) is 13.5. The lowest BCUT2D eigenvalue weighted by Crippen LogP contribution is -2.52. The monoisotopic (exact) mass is 534 g/mol. The summed E-state index contributed by atoms with van der Waals surface area (Å²) < 4.78 is 11.2. The fraction of sp³-hybridized carbons (Fsp3) is 0.667. The zero-order valence-electron chi connectivity index (χ0n) is 18.0. The van der Waals surface area contributed by atoms with Gasteiger partial charge >= 0.3 is 0 Å². The maximum Gasteiger partial charge on any atom is 0.193 e. The molecule has 29 heavy (non-hydrogen) atoms. The molecule has 164 valence electrons. The quantitative estimate of drug-likeness (QED) is 0.356. The van der Waals surface area contributed by atoms with Crippen LogP contribution in [-0.4, -0.2) is 86.4 Å². The van der Waals surface area contributed by atoms with E-state index in [1.54, 1.807) is 7.11 Å². The van der Waals surface area contributed by atoms with Crippen molar-refractivity contribution in [3.8, 4) is 5.75 Å². The summed E-state index contributed by atoms with van der Waals surface area (Å²) in [6.45, 7) is 11.0. The van der Waals surface area contributed by atoms with Gasteiger partial charge in [-0.05, 0) is 31.5 Å². The molecule has 2 heterocycles. The van der Waals surface area contributed by atoms with Crippen LogP contribution in [0.3, 0.4) is 0 Å². The van der Waals surface area contributed by atoms with Crippen molar-refractivity contribution in [3.63, 3.8) is 0 Å². The van der Waals surface area contributed by atoms with Crippen LogP contribution in [0.2, 0.25) is 0 Å². The van der Waals surface area contributed by atoms with Crippen molar-refractivity contribution in [2.24, 2.45) is 4.99 Å². The number of nitrogens with one attached hydrogen (secondary N) is 1. The van der Waals surface area contributed by atoms with Crippen molar-refractivity contribution < 1.29 is 9.47 Å². The van der Waals surface area contributed by atoms with E-state index >= 15 is 0 Å². The molecule has 0 aromatic heterocycles. The second kappa shape index (κ2) is 11.6. The van der Waals surface area contributed by atoms with Crippen molar-refractivity contribution in [1.82, 2.24) is 15.1 Å². The summed E-state index contributed by atoms with van der Waals surface area (Å²) in [6, 6.07) is 8.71. The van der Waals surface area contributed by atoms with Crippen molar-refractivity contribution in [1.29, 1.82) is 0 Å². The summed E-state index contributed by atoms with van der Waals surface area (Å²) in [7, 11) is 3.59. The molecule has 2 saturated heterocycles. The van der Waals surface area contributed by atoms with Crippen LogP contribution in [0, 0.1) is 0 Å². The zero-order chi connectivity index (χ0) is 20.0. The molecule has 1 aromatic rings. The summed E-state index contributed by atoms with van der Waals surface area (Å²) in [6.07, 6.45) is 0. The topological polar surface area (TPSA) is 49.3 Å². The normalized spacial score (nSPS) is 21.2. The van der Waals surface area contributed by atoms with Gasteiger partial charge in [-0.1, -0.05) is 12.1 Å². The maximum absolute atomic E-state index is 5.57. The second-order valence-electron chi connectivity index (χ2n) is 7.90. The molecule has 1 unspecified atom stereocenters. The molecule has 8 heteroatoms. The van der Waals surface area contributed by atoms with Crippen LogP contribution in [-0.2, 0) is 4.74 Å². The van der Waals surface area contributed by atoms with E-state index in [1.807, 2.05) is 30.9 Å². The molecule has 0 radical (unpaired) electrons. The van der Waals surface area contributed by atoms with Crippen LogP contribution < -0.4 is 10.1 Å². The van der Waals surface area contributed by atoms with Gasteiger partial charge in [0, 0.05) is 50.3 Å². The number of aliphatic imine (C=N–C) groups is 1. The molecular weight excluding hydrogens is 499 g/mol. The number of hydrogen-bond acceptors (Lipinski definition) is 5. The van der Waals surface area contributed by atoms with E-state index in [9.17, 15) is 0 Å². The number of thioether (sulfide) groups is 1. The van der Waals surface area contributed by atoms with Gasteiger partial charge in [-0.25, -0.2) is 0 Å². The van der Waals surface area contributed by atoms with Crippen LogP contribution in [0.15, 0.2) is 29.3 Å². The van der Waals surface area contributed by atoms with Crippen molar-refractivity contribution >= 4 is 41.7 Å². The molecule has 0 amide bonds. The lowest BCUT2D eigenvalue weighted by Gasteiger charge is -2.40. The highest BCUT2D eigenvalue weighted by molar-refractivity contribution is 14.0. The van der Waals surface area contributed by atoms with E-state index in [0.29, 0.717) is 0 Å². The van der Waals surface area contributed by atoms with Gasteiger partial charge in [0.2, 0.25) is 0 Å². The first kappa shape index (κ1) is 24.6. The summed E-state index contributed by atoms with van der Waals surface area (Å²) in [5, 5.41) is 3.65. The number of ether oxygens (including phenoxy) is 2. The summed E-state index contributed by atoms with van der Waals surface area (Å²) in [4.78, 5) is 9.47. The predicted molar refractivity (Wildman–Crippen MR) is 133 cm³/mol. The van der Waals surface area contributed by atoms with E-state index in [1.165, 1.54) is 5.56 Å². The number of guanidine groups is 1. The Hall–Kier alpha value is -0.710. The molecule has 6 nitrogen and oxygen atoms in total. The average Bonchev–Trinajstić information content (AvgIpc) is 2.71. The van der Waals surface area contributed by atoms with E-state index in [2.05, 4.69) is 46.1 Å². The third kappa shape index (κ3) is 6.90. The van der Waals surface area contributed by atoms with Gasteiger partial charge in [-0.2, -0.15) is 11.8 Å². The van der Waals surface area contributed by atoms with Gasteiger partial charge < -0.3 is 19.7 Å². The van der Waals surface area contributed by atoms with Crippen LogP contribution >= 0.6 is 35.7 Å². The lowest BCUT2D eigenvalue weighted by atomic mass is 10.0. The molecule has 0 bridgehead atoms. The van der Waals surface area contributed by atoms with Crippen molar-refractivity contribution in [3.05, 3.63) is 29.8 Å². The Morgan fingerprint density at radius 3 is 2.52 bits per heavy atom. The Morgan fingerprint density at radius 2 is 1.93 bits per heavy atom. The third-order valence-corrected chi connectivity index (χ3v) is 6.67. The molecule has 1 atom stereocenters. The van der Waals surface area contributed by atoms with Crippen LogP contribution in [0.25, 0.3) is 0 Å².